The van der Waals surface area contributed by atoms with Crippen molar-refractivity contribution >= 4 is 5.97 Å². The number of aliphatic carboxylic acids is 1. The van der Waals surface area contributed by atoms with Crippen LogP contribution in [-0.4, -0.2) is 72.0 Å². The second-order valence-corrected chi connectivity index (χ2v) is 9.50. The summed E-state index contributed by atoms with van der Waals surface area (Å²) in [7, 11) is 0. The third-order valence-corrected chi connectivity index (χ3v) is 7.16. The molecule has 1 unspecified atom stereocenters. The fourth-order valence-electron chi connectivity index (χ4n) is 5.06. The van der Waals surface area contributed by atoms with Crippen molar-refractivity contribution in [3.63, 3.8) is 0 Å². The minimum absolute atomic E-state index is 0.178. The van der Waals surface area contributed by atoms with Gasteiger partial charge in [0.2, 0.25) is 0 Å². The summed E-state index contributed by atoms with van der Waals surface area (Å²) >= 11 is 0. The van der Waals surface area contributed by atoms with Gasteiger partial charge in [0.05, 0.1) is 18.1 Å². The number of likely N-dealkylation sites (tertiary alicyclic amines) is 1. The summed E-state index contributed by atoms with van der Waals surface area (Å²) in [6.07, 6.45) is 0.757. The number of hydrogen-bond donors (Lipinski definition) is 2. The molecule has 1 saturated heterocycles. The van der Waals surface area contributed by atoms with Gasteiger partial charge in [-0.1, -0.05) is 25.1 Å². The Bertz CT molecular complexity index is 977. The minimum atomic E-state index is -0.808. The van der Waals surface area contributed by atoms with Gasteiger partial charge in [-0.2, -0.15) is 0 Å². The van der Waals surface area contributed by atoms with Crippen LogP contribution in [0.1, 0.15) is 30.5 Å². The molecule has 2 aliphatic heterocycles. The number of hydrogen-bond acceptors (Lipinski definition) is 5. The van der Waals surface area contributed by atoms with Crippen LogP contribution < -0.4 is 4.74 Å². The average Bonchev–Trinajstić information content (AvgIpc) is 2.77. The predicted octanol–water partition coefficient (Wildman–Crippen LogP) is 3.51. The zero-order chi connectivity index (χ0) is 23.6. The van der Waals surface area contributed by atoms with Crippen molar-refractivity contribution in [2.45, 2.75) is 25.8 Å². The molecule has 0 spiro atoms. The number of phenols is 1. The molecule has 0 radical (unpaired) electrons. The van der Waals surface area contributed by atoms with E-state index in [9.17, 15) is 19.4 Å². The zero-order valence-electron chi connectivity index (χ0n) is 19.3. The molecule has 1 fully saturated rings. The molecule has 33 heavy (non-hydrogen) atoms. The lowest BCUT2D eigenvalue weighted by Gasteiger charge is -2.47. The summed E-state index contributed by atoms with van der Waals surface area (Å²) in [5.74, 6) is -0.108. The van der Waals surface area contributed by atoms with Gasteiger partial charge in [-0.05, 0) is 54.3 Å². The third-order valence-electron chi connectivity index (χ3n) is 7.16. The Morgan fingerprint density at radius 3 is 2.64 bits per heavy atom. The lowest BCUT2D eigenvalue weighted by molar-refractivity contribution is -0.142. The number of benzene rings is 2. The molecule has 178 valence electrons. The van der Waals surface area contributed by atoms with Crippen molar-refractivity contribution in [2.75, 3.05) is 46.0 Å². The molecule has 6 nitrogen and oxygen atoms in total. The molecule has 2 aliphatic rings. The molecule has 0 amide bonds. The fourth-order valence-corrected chi connectivity index (χ4v) is 5.06. The SMILES string of the molecule is CC(CN1CCc2cc(O)ccc2[C@@]1(C)c1ccc(OCCN2CC(CF)C2)cc1)C(=O)O. The number of carboxylic acid groups (broad SMARTS) is 1. The van der Waals surface area contributed by atoms with Gasteiger partial charge >= 0.3 is 5.97 Å². The highest BCUT2D eigenvalue weighted by molar-refractivity contribution is 5.69. The molecule has 7 heteroatoms. The number of carboxylic acids is 1. The largest absolute Gasteiger partial charge is 0.508 e. The minimum Gasteiger partial charge on any atom is -0.508 e. The van der Waals surface area contributed by atoms with Crippen LogP contribution in [0.2, 0.25) is 0 Å². The van der Waals surface area contributed by atoms with Gasteiger partial charge in [-0.3, -0.25) is 19.0 Å². The van der Waals surface area contributed by atoms with Crippen molar-refractivity contribution < 1.29 is 24.1 Å². The van der Waals surface area contributed by atoms with Crippen molar-refractivity contribution in [1.29, 1.82) is 0 Å². The third kappa shape index (κ3) is 4.84. The number of alkyl halides is 1. The first-order chi connectivity index (χ1) is 15.8. The van der Waals surface area contributed by atoms with Crippen molar-refractivity contribution in [3.8, 4) is 11.5 Å². The molecule has 0 aromatic heterocycles. The quantitative estimate of drug-likeness (QED) is 0.602. The Balaban J connectivity index is 1.52. The van der Waals surface area contributed by atoms with Crippen LogP contribution in [0.3, 0.4) is 0 Å². The summed E-state index contributed by atoms with van der Waals surface area (Å²) in [6, 6.07) is 13.4. The van der Waals surface area contributed by atoms with E-state index in [0.717, 1.165) is 48.5 Å². The average molecular weight is 457 g/mol. The standard InChI is InChI=1S/C26H33FN2O4/c1-18(25(31)32)15-29-10-9-20-13-22(30)5-8-24(20)26(29,2)21-3-6-23(7-4-21)33-12-11-28-16-19(14-27)17-28/h3-8,13,18-19,30H,9-12,14-17H2,1-2H3,(H,31,32)/t18?,26-/m1/s1. The molecule has 0 saturated carbocycles. The molecule has 4 rings (SSSR count). The van der Waals surface area contributed by atoms with Crippen LogP contribution in [0.5, 0.6) is 11.5 Å². The molecule has 2 aromatic rings. The topological polar surface area (TPSA) is 73.2 Å². The van der Waals surface area contributed by atoms with Gasteiger partial charge in [0.1, 0.15) is 18.1 Å². The predicted molar refractivity (Wildman–Crippen MR) is 124 cm³/mol. The van der Waals surface area contributed by atoms with Crippen LogP contribution in [0.15, 0.2) is 42.5 Å². The van der Waals surface area contributed by atoms with E-state index < -0.39 is 17.4 Å². The summed E-state index contributed by atoms with van der Waals surface area (Å²) < 4.78 is 18.5. The Labute approximate surface area is 194 Å². The van der Waals surface area contributed by atoms with Gasteiger partial charge in [-0.15, -0.1) is 0 Å². The van der Waals surface area contributed by atoms with Gasteiger partial charge in [-0.25, -0.2) is 0 Å². The number of rotatable bonds is 9. The maximum Gasteiger partial charge on any atom is 0.307 e. The second kappa shape index (κ2) is 9.69. The van der Waals surface area contributed by atoms with Crippen molar-refractivity contribution in [1.82, 2.24) is 9.80 Å². The maximum atomic E-state index is 12.6. The highest BCUT2D eigenvalue weighted by Gasteiger charge is 2.41. The summed E-state index contributed by atoms with van der Waals surface area (Å²) in [6.45, 7) is 7.69. The molecule has 0 aliphatic carbocycles. The van der Waals surface area contributed by atoms with E-state index in [4.69, 9.17) is 4.74 Å². The molecular formula is C26H33FN2O4. The second-order valence-electron chi connectivity index (χ2n) is 9.50. The first kappa shape index (κ1) is 23.5. The molecule has 2 aromatic carbocycles. The van der Waals surface area contributed by atoms with E-state index in [1.54, 1.807) is 13.0 Å². The highest BCUT2D eigenvalue weighted by atomic mass is 19.1. The number of carbonyl (C=O) groups is 1. The van der Waals surface area contributed by atoms with Gasteiger partial charge in [0, 0.05) is 38.6 Å². The number of phenolic OH excluding ortho intramolecular Hbond substituents is 1. The lowest BCUT2D eigenvalue weighted by atomic mass is 9.76. The number of fused-ring (bicyclic) bond motifs is 1. The lowest BCUT2D eigenvalue weighted by Crippen LogP contribution is -2.51. The van der Waals surface area contributed by atoms with E-state index in [1.807, 2.05) is 36.4 Å². The van der Waals surface area contributed by atoms with E-state index in [0.29, 0.717) is 19.7 Å². The van der Waals surface area contributed by atoms with Crippen LogP contribution >= 0.6 is 0 Å². The number of aromatic hydroxyl groups is 1. The van der Waals surface area contributed by atoms with Crippen LogP contribution in [0.25, 0.3) is 0 Å². The fraction of sp³-hybridized carbons (Fsp3) is 0.500. The van der Waals surface area contributed by atoms with Crippen LogP contribution in [0, 0.1) is 11.8 Å². The summed E-state index contributed by atoms with van der Waals surface area (Å²) in [5, 5.41) is 19.5. The number of halogens is 1. The Kier molecular flexibility index (Phi) is 6.91. The molecule has 2 atom stereocenters. The van der Waals surface area contributed by atoms with E-state index in [-0.39, 0.29) is 18.3 Å². The monoisotopic (exact) mass is 456 g/mol. The molecule has 2 N–H and O–H groups in total. The Morgan fingerprint density at radius 1 is 1.24 bits per heavy atom. The summed E-state index contributed by atoms with van der Waals surface area (Å²) in [4.78, 5) is 16.0. The summed E-state index contributed by atoms with van der Waals surface area (Å²) in [5.41, 5.74) is 2.69. The molecule has 2 heterocycles. The Morgan fingerprint density at radius 2 is 1.97 bits per heavy atom. The van der Waals surface area contributed by atoms with Crippen LogP contribution in [0.4, 0.5) is 4.39 Å². The van der Waals surface area contributed by atoms with E-state index in [2.05, 4.69) is 16.7 Å². The number of nitrogens with zero attached hydrogens (tertiary/aromatic N) is 2. The van der Waals surface area contributed by atoms with E-state index >= 15 is 0 Å². The maximum absolute atomic E-state index is 12.6. The smallest absolute Gasteiger partial charge is 0.307 e. The first-order valence-electron chi connectivity index (χ1n) is 11.6. The van der Waals surface area contributed by atoms with Gasteiger partial charge in [0.25, 0.3) is 0 Å². The van der Waals surface area contributed by atoms with Crippen molar-refractivity contribution in [3.05, 3.63) is 59.2 Å². The van der Waals surface area contributed by atoms with E-state index in [1.165, 1.54) is 0 Å². The van der Waals surface area contributed by atoms with Gasteiger partial charge in [0.15, 0.2) is 0 Å². The molecular weight excluding hydrogens is 423 g/mol. The highest BCUT2D eigenvalue weighted by Crippen LogP contribution is 2.42. The molecule has 0 bridgehead atoms. The van der Waals surface area contributed by atoms with Crippen molar-refractivity contribution in [2.24, 2.45) is 11.8 Å². The first-order valence-corrected chi connectivity index (χ1v) is 11.6. The normalized spacial score (nSPS) is 22.4. The van der Waals surface area contributed by atoms with Crippen LogP contribution in [-0.2, 0) is 16.8 Å². The number of ether oxygens (including phenoxy) is 1. The van der Waals surface area contributed by atoms with Gasteiger partial charge < -0.3 is 14.9 Å². The Hall–Kier alpha value is -2.64. The zero-order valence-corrected chi connectivity index (χ0v) is 19.3.